The van der Waals surface area contributed by atoms with Crippen molar-refractivity contribution in [2.24, 2.45) is 5.73 Å². The van der Waals surface area contributed by atoms with Crippen LogP contribution in [-0.4, -0.2) is 47.2 Å². The summed E-state index contributed by atoms with van der Waals surface area (Å²) >= 11 is 0. The zero-order valence-electron chi connectivity index (χ0n) is 20.3. The van der Waals surface area contributed by atoms with E-state index < -0.39 is 15.7 Å². The van der Waals surface area contributed by atoms with E-state index in [1.807, 2.05) is 12.1 Å². The number of fused-ring (bicyclic) bond motifs is 2. The second-order valence-electron chi connectivity index (χ2n) is 9.80. The fraction of sp³-hybridized carbons (Fsp3) is 0.321. The summed E-state index contributed by atoms with van der Waals surface area (Å²) in [4.78, 5) is 15.6. The molecule has 2 N–H and O–H groups in total. The van der Waals surface area contributed by atoms with Gasteiger partial charge in [-0.15, -0.1) is 0 Å². The predicted molar refractivity (Wildman–Crippen MR) is 137 cm³/mol. The summed E-state index contributed by atoms with van der Waals surface area (Å²) in [5.41, 5.74) is 8.14. The molecular formula is C28H29FN2O4S. The lowest BCUT2D eigenvalue weighted by Gasteiger charge is -2.38. The van der Waals surface area contributed by atoms with E-state index >= 15 is 0 Å². The molecule has 3 aromatic rings. The molecule has 36 heavy (non-hydrogen) atoms. The van der Waals surface area contributed by atoms with E-state index in [4.69, 9.17) is 14.9 Å². The smallest absolute Gasteiger partial charge is 0.290 e. The van der Waals surface area contributed by atoms with Crippen LogP contribution in [0, 0.1) is 17.7 Å². The van der Waals surface area contributed by atoms with Gasteiger partial charge >= 0.3 is 0 Å². The van der Waals surface area contributed by atoms with Crippen LogP contribution in [0.1, 0.15) is 45.8 Å². The molecule has 0 saturated carbocycles. The third-order valence-electron chi connectivity index (χ3n) is 7.04. The first-order chi connectivity index (χ1) is 17.2. The van der Waals surface area contributed by atoms with Crippen molar-refractivity contribution in [1.29, 1.82) is 0 Å². The third kappa shape index (κ3) is 4.45. The normalized spacial score (nSPS) is 16.7. The highest BCUT2D eigenvalue weighted by molar-refractivity contribution is 8.01. The summed E-state index contributed by atoms with van der Waals surface area (Å²) in [6.07, 6.45) is 4.67. The van der Waals surface area contributed by atoms with Crippen molar-refractivity contribution in [3.8, 4) is 17.6 Å². The molecule has 0 bridgehead atoms. The Bertz CT molecular complexity index is 1440. The SMILES string of the molecule is C[SH](C)(=O)c1cc(C#Cc2ccccc2F)oc1C(=O)N1CCC2(CC1)COc1ccc(CN)cc12. The quantitative estimate of drug-likeness (QED) is 0.418. The zero-order valence-corrected chi connectivity index (χ0v) is 21.2. The predicted octanol–water partition coefficient (Wildman–Crippen LogP) is 3.48. The third-order valence-corrected chi connectivity index (χ3v) is 8.54. The molecule has 0 atom stereocenters. The second-order valence-corrected chi connectivity index (χ2v) is 13.0. The number of carbonyl (C=O) groups is 1. The van der Waals surface area contributed by atoms with Gasteiger partial charge < -0.3 is 19.8 Å². The van der Waals surface area contributed by atoms with Crippen LogP contribution < -0.4 is 10.5 Å². The number of nitrogens with zero attached hydrogens (tertiary/aromatic N) is 1. The van der Waals surface area contributed by atoms with Gasteiger partial charge in [0.1, 0.15) is 11.6 Å². The number of piperidine rings is 1. The molecule has 6 nitrogen and oxygen atoms in total. The number of halogens is 1. The summed E-state index contributed by atoms with van der Waals surface area (Å²) in [6, 6.07) is 13.8. The van der Waals surface area contributed by atoms with Crippen LogP contribution in [0.4, 0.5) is 4.39 Å². The molecular weight excluding hydrogens is 479 g/mol. The van der Waals surface area contributed by atoms with Crippen molar-refractivity contribution >= 4 is 15.8 Å². The van der Waals surface area contributed by atoms with E-state index in [1.165, 1.54) is 6.07 Å². The summed E-state index contributed by atoms with van der Waals surface area (Å²) in [7, 11) is -2.84. The van der Waals surface area contributed by atoms with Crippen molar-refractivity contribution in [1.82, 2.24) is 4.90 Å². The van der Waals surface area contributed by atoms with E-state index in [-0.39, 0.29) is 28.4 Å². The lowest BCUT2D eigenvalue weighted by molar-refractivity contribution is 0.0610. The number of furan rings is 1. The van der Waals surface area contributed by atoms with Crippen molar-refractivity contribution in [3.63, 3.8) is 0 Å². The Hall–Kier alpha value is -3.41. The lowest BCUT2D eigenvalue weighted by atomic mass is 9.74. The molecule has 8 heteroatoms. The fourth-order valence-corrected chi connectivity index (χ4v) is 5.98. The number of nitrogens with two attached hydrogens (primary N) is 1. The van der Waals surface area contributed by atoms with Gasteiger partial charge in [0, 0.05) is 36.7 Å². The minimum Gasteiger partial charge on any atom is -0.492 e. The number of thiol groups is 1. The van der Waals surface area contributed by atoms with Crippen LogP contribution in [0.5, 0.6) is 5.75 Å². The molecule has 188 valence electrons. The number of rotatable bonds is 3. The molecule has 1 spiro atoms. The maximum atomic E-state index is 13.9. The van der Waals surface area contributed by atoms with Crippen LogP contribution in [-0.2, 0) is 21.9 Å². The van der Waals surface area contributed by atoms with Crippen molar-refractivity contribution in [2.75, 3.05) is 32.2 Å². The van der Waals surface area contributed by atoms with Gasteiger partial charge in [0.15, 0.2) is 5.76 Å². The van der Waals surface area contributed by atoms with E-state index in [1.54, 1.807) is 41.7 Å². The van der Waals surface area contributed by atoms with Gasteiger partial charge in [-0.3, -0.25) is 9.00 Å². The Labute approximate surface area is 211 Å². The summed E-state index contributed by atoms with van der Waals surface area (Å²) in [6.45, 7) is 2.08. The molecule has 1 aromatic heterocycles. The standard InChI is InChI=1S/C28H29FN2O4S/c1-36(2,33)25-16-21(9-8-20-5-3-4-6-23(20)29)35-26(25)27(32)31-13-11-28(12-14-31)18-34-24-10-7-19(17-30)15-22(24)28/h3-7,10,15-16,36H,11-14,17-18,30H2,1-2H3. The molecule has 0 radical (unpaired) electrons. The number of hydrogen-bond donors (Lipinski definition) is 2. The molecule has 1 amide bonds. The number of ether oxygens (including phenoxy) is 1. The topological polar surface area (TPSA) is 85.8 Å². The minimum absolute atomic E-state index is 0.0469. The van der Waals surface area contributed by atoms with E-state index in [2.05, 4.69) is 17.9 Å². The van der Waals surface area contributed by atoms with Gasteiger partial charge in [-0.05, 0) is 55.0 Å². The van der Waals surface area contributed by atoms with Crippen LogP contribution in [0.2, 0.25) is 0 Å². The first-order valence-corrected chi connectivity index (χ1v) is 14.5. The molecule has 2 aliphatic rings. The Morgan fingerprint density at radius 3 is 2.58 bits per heavy atom. The number of carbonyl (C=O) groups excluding carboxylic acids is 1. The molecule has 1 fully saturated rings. The Morgan fingerprint density at radius 2 is 1.89 bits per heavy atom. The van der Waals surface area contributed by atoms with Crippen LogP contribution in [0.25, 0.3) is 0 Å². The number of hydrogen-bond acceptors (Lipinski definition) is 5. The monoisotopic (exact) mass is 508 g/mol. The van der Waals surface area contributed by atoms with E-state index in [9.17, 15) is 13.4 Å². The fourth-order valence-electron chi connectivity index (χ4n) is 4.92. The maximum absolute atomic E-state index is 13.9. The average Bonchev–Trinajstić information content (AvgIpc) is 3.46. The summed E-state index contributed by atoms with van der Waals surface area (Å²) in [5.74, 6) is 5.88. The summed E-state index contributed by atoms with van der Waals surface area (Å²) < 4.78 is 38.7. The minimum atomic E-state index is -2.84. The number of amides is 1. The Kier molecular flexibility index (Phi) is 6.23. The largest absolute Gasteiger partial charge is 0.492 e. The van der Waals surface area contributed by atoms with Gasteiger partial charge in [-0.25, -0.2) is 4.39 Å². The van der Waals surface area contributed by atoms with Crippen LogP contribution >= 0.6 is 0 Å². The lowest BCUT2D eigenvalue weighted by Crippen LogP contribution is -2.46. The first kappa shape index (κ1) is 24.3. The van der Waals surface area contributed by atoms with Gasteiger partial charge in [0.25, 0.3) is 5.91 Å². The van der Waals surface area contributed by atoms with E-state index in [0.29, 0.717) is 31.1 Å². The van der Waals surface area contributed by atoms with Gasteiger partial charge in [0.05, 0.1) is 17.1 Å². The van der Waals surface area contributed by atoms with Crippen molar-refractivity contribution in [3.05, 3.63) is 82.6 Å². The van der Waals surface area contributed by atoms with Crippen LogP contribution in [0.15, 0.2) is 57.8 Å². The molecule has 0 aliphatic carbocycles. The van der Waals surface area contributed by atoms with Crippen LogP contribution in [0.3, 0.4) is 0 Å². The molecule has 2 aromatic carbocycles. The molecule has 3 heterocycles. The highest BCUT2D eigenvalue weighted by atomic mass is 32.2. The van der Waals surface area contributed by atoms with E-state index in [0.717, 1.165) is 29.7 Å². The Morgan fingerprint density at radius 1 is 1.14 bits per heavy atom. The molecule has 5 rings (SSSR count). The average molecular weight is 509 g/mol. The highest BCUT2D eigenvalue weighted by Gasteiger charge is 2.44. The zero-order chi connectivity index (χ0) is 25.5. The van der Waals surface area contributed by atoms with Crippen molar-refractivity contribution in [2.45, 2.75) is 29.7 Å². The molecule has 0 unspecified atom stereocenters. The Balaban J connectivity index is 1.39. The van der Waals surface area contributed by atoms with Gasteiger partial charge in [0.2, 0.25) is 5.76 Å². The first-order valence-electron chi connectivity index (χ1n) is 11.9. The maximum Gasteiger partial charge on any atom is 0.290 e. The molecule has 2 aliphatic heterocycles. The second kappa shape index (κ2) is 9.23. The highest BCUT2D eigenvalue weighted by Crippen LogP contribution is 2.46. The summed E-state index contributed by atoms with van der Waals surface area (Å²) in [5, 5.41) is 0. The van der Waals surface area contributed by atoms with Crippen molar-refractivity contribution < 1.29 is 22.5 Å². The number of likely N-dealkylation sites (tertiary alicyclic amines) is 1. The molecule has 1 saturated heterocycles. The van der Waals surface area contributed by atoms with Gasteiger partial charge in [-0.1, -0.05) is 40.1 Å². The number of benzene rings is 2. The van der Waals surface area contributed by atoms with Gasteiger partial charge in [-0.2, -0.15) is 0 Å².